The largest absolute Gasteiger partial charge is 0.338 e. The van der Waals surface area contributed by atoms with E-state index in [-0.39, 0.29) is 24.4 Å². The van der Waals surface area contributed by atoms with Crippen LogP contribution in [0.4, 0.5) is 10.5 Å². The first-order valence-electron chi connectivity index (χ1n) is 10.4. The van der Waals surface area contributed by atoms with E-state index < -0.39 is 0 Å². The van der Waals surface area contributed by atoms with Gasteiger partial charge in [0.15, 0.2) is 0 Å². The number of para-hydroxylation sites is 1. The van der Waals surface area contributed by atoms with Gasteiger partial charge in [0.1, 0.15) is 0 Å². The van der Waals surface area contributed by atoms with Gasteiger partial charge in [-0.3, -0.25) is 15.2 Å². The second kappa shape index (κ2) is 11.1. The minimum atomic E-state index is -0.186. The first-order valence-corrected chi connectivity index (χ1v) is 10.4. The summed E-state index contributed by atoms with van der Waals surface area (Å²) in [7, 11) is 0. The zero-order valence-corrected chi connectivity index (χ0v) is 16.8. The molecule has 0 saturated heterocycles. The smallest absolute Gasteiger partial charge is 0.315 e. The highest BCUT2D eigenvalue weighted by atomic mass is 16.2. The van der Waals surface area contributed by atoms with Crippen molar-refractivity contribution in [1.82, 2.24) is 16.1 Å². The fourth-order valence-electron chi connectivity index (χ4n) is 3.55. The molecule has 0 heterocycles. The molecule has 0 atom stereocenters. The summed E-state index contributed by atoms with van der Waals surface area (Å²) in [5.74, 6) is -0.136. The molecule has 154 valence electrons. The van der Waals surface area contributed by atoms with Crippen molar-refractivity contribution in [2.75, 3.05) is 11.6 Å². The molecule has 1 fully saturated rings. The van der Waals surface area contributed by atoms with Crippen molar-refractivity contribution >= 4 is 17.6 Å². The summed E-state index contributed by atoms with van der Waals surface area (Å²) in [6, 6.07) is 19.8. The monoisotopic (exact) mass is 394 g/mol. The molecule has 1 saturated carbocycles. The molecule has 6 nitrogen and oxygen atoms in total. The molecule has 0 aliphatic heterocycles. The maximum atomic E-state index is 12.5. The van der Waals surface area contributed by atoms with Crippen molar-refractivity contribution < 1.29 is 9.59 Å². The Kier molecular flexibility index (Phi) is 7.92. The van der Waals surface area contributed by atoms with Crippen LogP contribution in [0.2, 0.25) is 0 Å². The Morgan fingerprint density at radius 1 is 0.897 bits per heavy atom. The minimum Gasteiger partial charge on any atom is -0.338 e. The quantitative estimate of drug-likeness (QED) is 0.597. The number of anilines is 1. The Labute approximate surface area is 172 Å². The van der Waals surface area contributed by atoms with Gasteiger partial charge in [0.05, 0.1) is 12.2 Å². The van der Waals surface area contributed by atoms with Crippen molar-refractivity contribution in [3.05, 3.63) is 66.2 Å². The lowest BCUT2D eigenvalue weighted by Gasteiger charge is -2.26. The molecule has 2 aromatic carbocycles. The molecule has 6 heteroatoms. The van der Waals surface area contributed by atoms with Crippen LogP contribution >= 0.6 is 0 Å². The molecule has 1 aliphatic rings. The van der Waals surface area contributed by atoms with Crippen LogP contribution in [0.1, 0.15) is 44.1 Å². The van der Waals surface area contributed by atoms with Gasteiger partial charge in [0, 0.05) is 19.0 Å². The number of carbonyl (C=O) groups is 2. The zero-order valence-electron chi connectivity index (χ0n) is 16.8. The molecular weight excluding hydrogens is 364 g/mol. The molecule has 3 rings (SSSR count). The van der Waals surface area contributed by atoms with Gasteiger partial charge < -0.3 is 10.6 Å². The number of nitrogens with one attached hydrogen (secondary N) is 3. The maximum absolute atomic E-state index is 12.5. The summed E-state index contributed by atoms with van der Waals surface area (Å²) in [6.45, 7) is 0.866. The molecule has 0 aromatic heterocycles. The van der Waals surface area contributed by atoms with Crippen LogP contribution < -0.4 is 21.1 Å². The number of rotatable bonds is 8. The van der Waals surface area contributed by atoms with Crippen LogP contribution in [-0.4, -0.2) is 24.5 Å². The molecule has 0 bridgehead atoms. The summed E-state index contributed by atoms with van der Waals surface area (Å²) in [4.78, 5) is 24.5. The van der Waals surface area contributed by atoms with Gasteiger partial charge in [0.25, 0.3) is 0 Å². The number of hydrogen-bond donors (Lipinski definition) is 3. The third-order valence-corrected chi connectivity index (χ3v) is 5.09. The highest BCUT2D eigenvalue weighted by molar-refractivity contribution is 5.79. The second-order valence-electron chi connectivity index (χ2n) is 7.43. The van der Waals surface area contributed by atoms with E-state index in [1.54, 1.807) is 0 Å². The third-order valence-electron chi connectivity index (χ3n) is 5.09. The lowest BCUT2D eigenvalue weighted by atomic mass is 9.96. The Morgan fingerprint density at radius 2 is 1.55 bits per heavy atom. The number of benzene rings is 2. The summed E-state index contributed by atoms with van der Waals surface area (Å²) >= 11 is 0. The van der Waals surface area contributed by atoms with Crippen molar-refractivity contribution in [1.29, 1.82) is 0 Å². The van der Waals surface area contributed by atoms with E-state index in [9.17, 15) is 9.59 Å². The van der Waals surface area contributed by atoms with Crippen LogP contribution in [-0.2, 0) is 11.3 Å². The van der Waals surface area contributed by atoms with Crippen LogP contribution in [0.3, 0.4) is 0 Å². The Bertz CT molecular complexity index is 761. The molecule has 0 spiro atoms. The van der Waals surface area contributed by atoms with Gasteiger partial charge in [-0.15, -0.1) is 0 Å². The fraction of sp³-hybridized carbons (Fsp3) is 0.391. The molecule has 29 heavy (non-hydrogen) atoms. The van der Waals surface area contributed by atoms with Crippen molar-refractivity contribution in [3.8, 4) is 0 Å². The molecule has 2 aromatic rings. The SMILES string of the molecule is O=C(CCNC(=O)NC1CCCCC1)NN(Cc1ccccc1)c1ccccc1. The maximum Gasteiger partial charge on any atom is 0.315 e. The van der Waals surface area contributed by atoms with E-state index in [0.717, 1.165) is 24.1 Å². The lowest BCUT2D eigenvalue weighted by molar-refractivity contribution is -0.121. The van der Waals surface area contributed by atoms with Gasteiger partial charge >= 0.3 is 6.03 Å². The van der Waals surface area contributed by atoms with E-state index in [1.165, 1.54) is 19.3 Å². The number of amides is 3. The van der Waals surface area contributed by atoms with E-state index in [1.807, 2.05) is 65.7 Å². The Morgan fingerprint density at radius 3 is 2.24 bits per heavy atom. The van der Waals surface area contributed by atoms with Crippen molar-refractivity contribution in [2.24, 2.45) is 0 Å². The first kappa shape index (κ1) is 20.7. The van der Waals surface area contributed by atoms with Crippen LogP contribution in [0.25, 0.3) is 0 Å². The van der Waals surface area contributed by atoms with Crippen LogP contribution in [0.15, 0.2) is 60.7 Å². The summed E-state index contributed by atoms with van der Waals surface area (Å²) in [5.41, 5.74) is 4.97. The van der Waals surface area contributed by atoms with Gasteiger partial charge in [-0.05, 0) is 30.5 Å². The van der Waals surface area contributed by atoms with Gasteiger partial charge in [-0.1, -0.05) is 67.8 Å². The Balaban J connectivity index is 1.47. The zero-order chi connectivity index (χ0) is 20.3. The van der Waals surface area contributed by atoms with Crippen molar-refractivity contribution in [2.45, 2.75) is 51.1 Å². The van der Waals surface area contributed by atoms with Crippen molar-refractivity contribution in [3.63, 3.8) is 0 Å². The molecule has 3 N–H and O–H groups in total. The second-order valence-corrected chi connectivity index (χ2v) is 7.43. The van der Waals surface area contributed by atoms with Gasteiger partial charge in [-0.25, -0.2) is 4.79 Å². The molecular formula is C23H30N4O2. The Hall–Kier alpha value is -3.02. The molecule has 0 unspecified atom stereocenters. The lowest BCUT2D eigenvalue weighted by Crippen LogP contribution is -2.45. The summed E-state index contributed by atoms with van der Waals surface area (Å²) in [5, 5.41) is 7.63. The predicted molar refractivity (Wildman–Crippen MR) is 115 cm³/mol. The highest BCUT2D eigenvalue weighted by Crippen LogP contribution is 2.17. The van der Waals surface area contributed by atoms with Crippen LogP contribution in [0, 0.1) is 0 Å². The van der Waals surface area contributed by atoms with Gasteiger partial charge in [0.2, 0.25) is 5.91 Å². The molecule has 1 aliphatic carbocycles. The van der Waals surface area contributed by atoms with E-state index in [4.69, 9.17) is 0 Å². The molecule has 0 radical (unpaired) electrons. The standard InChI is InChI=1S/C23H30N4O2/c28-22(16-17-24-23(29)25-20-12-6-2-7-13-20)26-27(21-14-8-3-9-15-21)18-19-10-4-1-5-11-19/h1,3-5,8-11,14-15,20H,2,6-7,12-13,16-18H2,(H,26,28)(H2,24,25,29). The normalized spacial score (nSPS) is 14.1. The number of hydrogen-bond acceptors (Lipinski definition) is 3. The fourth-order valence-corrected chi connectivity index (χ4v) is 3.55. The van der Waals surface area contributed by atoms with Crippen LogP contribution in [0.5, 0.6) is 0 Å². The average Bonchev–Trinajstić information content (AvgIpc) is 2.75. The minimum absolute atomic E-state index is 0.136. The number of carbonyl (C=O) groups excluding carboxylic acids is 2. The topological polar surface area (TPSA) is 73.5 Å². The average molecular weight is 395 g/mol. The van der Waals surface area contributed by atoms with E-state index >= 15 is 0 Å². The number of urea groups is 1. The summed E-state index contributed by atoms with van der Waals surface area (Å²) < 4.78 is 0. The number of hydrazine groups is 1. The predicted octanol–water partition coefficient (Wildman–Crippen LogP) is 3.75. The van der Waals surface area contributed by atoms with E-state index in [2.05, 4.69) is 16.1 Å². The van der Waals surface area contributed by atoms with Gasteiger partial charge in [-0.2, -0.15) is 0 Å². The molecule has 3 amide bonds. The third kappa shape index (κ3) is 7.14. The van der Waals surface area contributed by atoms with E-state index in [0.29, 0.717) is 13.1 Å². The summed E-state index contributed by atoms with van der Waals surface area (Å²) in [6.07, 6.45) is 5.89. The first-order chi connectivity index (χ1) is 14.2. The highest BCUT2D eigenvalue weighted by Gasteiger charge is 2.16. The number of nitrogens with zero attached hydrogens (tertiary/aromatic N) is 1.